The van der Waals surface area contributed by atoms with Crippen LogP contribution in [0, 0.1) is 23.2 Å². The number of hydrogen-bond acceptors (Lipinski definition) is 2. The fourth-order valence-corrected chi connectivity index (χ4v) is 3.91. The summed E-state index contributed by atoms with van der Waals surface area (Å²) in [6, 6.07) is 0. The molecule has 4 unspecified atom stereocenters. The SMILES string of the molecule is C=C(C(=O)O)C1CC(=O)C2CCCC(C)C2(C)C1. The lowest BCUT2D eigenvalue weighted by atomic mass is 9.53. The molecule has 0 aromatic heterocycles. The summed E-state index contributed by atoms with van der Waals surface area (Å²) in [5.41, 5.74) is 0.178. The third-order valence-electron chi connectivity index (χ3n) is 5.34. The molecule has 18 heavy (non-hydrogen) atoms. The summed E-state index contributed by atoms with van der Waals surface area (Å²) >= 11 is 0. The van der Waals surface area contributed by atoms with Crippen molar-refractivity contribution in [2.45, 2.75) is 46.0 Å². The van der Waals surface area contributed by atoms with Gasteiger partial charge in [-0.25, -0.2) is 4.79 Å². The number of fused-ring (bicyclic) bond motifs is 1. The van der Waals surface area contributed by atoms with E-state index in [1.807, 2.05) is 0 Å². The maximum absolute atomic E-state index is 12.3. The van der Waals surface area contributed by atoms with Crippen LogP contribution in [-0.4, -0.2) is 16.9 Å². The highest BCUT2D eigenvalue weighted by Gasteiger charge is 2.50. The molecule has 2 aliphatic rings. The summed E-state index contributed by atoms with van der Waals surface area (Å²) < 4.78 is 0. The van der Waals surface area contributed by atoms with E-state index in [-0.39, 0.29) is 28.6 Å². The molecular weight excluding hydrogens is 228 g/mol. The predicted molar refractivity (Wildman–Crippen MR) is 69.1 cm³/mol. The standard InChI is InChI=1S/C15H22O3/c1-9-5-4-6-12-13(16)7-11(8-15(9,12)3)10(2)14(17)18/h9,11-12H,2,4-8H2,1,3H3,(H,17,18). The molecule has 0 aliphatic heterocycles. The number of rotatable bonds is 2. The number of carbonyl (C=O) groups excluding carboxylic acids is 1. The van der Waals surface area contributed by atoms with E-state index in [9.17, 15) is 9.59 Å². The van der Waals surface area contributed by atoms with E-state index in [0.717, 1.165) is 25.7 Å². The predicted octanol–water partition coefficient (Wildman–Crippen LogP) is 3.05. The fourth-order valence-electron chi connectivity index (χ4n) is 3.91. The molecule has 3 heteroatoms. The monoisotopic (exact) mass is 250 g/mol. The highest BCUT2D eigenvalue weighted by atomic mass is 16.4. The van der Waals surface area contributed by atoms with Crippen molar-refractivity contribution in [3.05, 3.63) is 12.2 Å². The maximum Gasteiger partial charge on any atom is 0.331 e. The first kappa shape index (κ1) is 13.3. The van der Waals surface area contributed by atoms with Crippen molar-refractivity contribution < 1.29 is 14.7 Å². The molecule has 0 aromatic rings. The largest absolute Gasteiger partial charge is 0.478 e. The Morgan fingerprint density at radius 2 is 2.11 bits per heavy atom. The van der Waals surface area contributed by atoms with Crippen molar-refractivity contribution in [2.75, 3.05) is 0 Å². The van der Waals surface area contributed by atoms with E-state index in [4.69, 9.17) is 5.11 Å². The minimum Gasteiger partial charge on any atom is -0.478 e. The van der Waals surface area contributed by atoms with Crippen LogP contribution in [0.1, 0.15) is 46.0 Å². The smallest absolute Gasteiger partial charge is 0.331 e. The number of aliphatic carboxylic acids is 1. The van der Waals surface area contributed by atoms with Crippen molar-refractivity contribution in [3.8, 4) is 0 Å². The van der Waals surface area contributed by atoms with Crippen molar-refractivity contribution in [3.63, 3.8) is 0 Å². The summed E-state index contributed by atoms with van der Waals surface area (Å²) in [5, 5.41) is 9.06. The lowest BCUT2D eigenvalue weighted by Crippen LogP contribution is -2.47. The summed E-state index contributed by atoms with van der Waals surface area (Å²) in [5.74, 6) is -0.249. The average molecular weight is 250 g/mol. The van der Waals surface area contributed by atoms with Crippen molar-refractivity contribution in [1.82, 2.24) is 0 Å². The Balaban J connectivity index is 2.26. The second kappa shape index (κ2) is 4.52. The quantitative estimate of drug-likeness (QED) is 0.766. The minimum absolute atomic E-state index is 0.0311. The van der Waals surface area contributed by atoms with Gasteiger partial charge in [-0.05, 0) is 30.1 Å². The Labute approximate surface area is 108 Å². The Morgan fingerprint density at radius 3 is 2.72 bits per heavy atom. The van der Waals surface area contributed by atoms with E-state index in [2.05, 4.69) is 20.4 Å². The van der Waals surface area contributed by atoms with Crippen molar-refractivity contribution >= 4 is 11.8 Å². The minimum atomic E-state index is -0.960. The molecular formula is C15H22O3. The van der Waals surface area contributed by atoms with Gasteiger partial charge in [0.05, 0.1) is 0 Å². The van der Waals surface area contributed by atoms with Gasteiger partial charge in [0, 0.05) is 17.9 Å². The molecule has 0 radical (unpaired) electrons. The van der Waals surface area contributed by atoms with Crippen LogP contribution in [0.4, 0.5) is 0 Å². The molecule has 0 bridgehead atoms. The van der Waals surface area contributed by atoms with Crippen LogP contribution < -0.4 is 0 Å². The highest BCUT2D eigenvalue weighted by molar-refractivity contribution is 5.90. The van der Waals surface area contributed by atoms with Crippen LogP contribution in [0.5, 0.6) is 0 Å². The number of Topliss-reactive ketones (excluding diaryl/α,β-unsaturated/α-hetero) is 1. The first-order valence-corrected chi connectivity index (χ1v) is 6.81. The number of hydrogen-bond donors (Lipinski definition) is 1. The first-order chi connectivity index (χ1) is 8.36. The lowest BCUT2D eigenvalue weighted by molar-refractivity contribution is -0.139. The van der Waals surface area contributed by atoms with E-state index in [0.29, 0.717) is 12.3 Å². The third-order valence-corrected chi connectivity index (χ3v) is 5.34. The summed E-state index contributed by atoms with van der Waals surface area (Å²) in [6.07, 6.45) is 4.42. The molecule has 0 aromatic carbocycles. The van der Waals surface area contributed by atoms with Crippen LogP contribution in [0.3, 0.4) is 0 Å². The van der Waals surface area contributed by atoms with Gasteiger partial charge in [0.2, 0.25) is 0 Å². The molecule has 2 rings (SSSR count). The zero-order chi connectivity index (χ0) is 13.5. The summed E-state index contributed by atoms with van der Waals surface area (Å²) in [4.78, 5) is 23.3. The molecule has 1 N–H and O–H groups in total. The molecule has 100 valence electrons. The molecule has 2 aliphatic carbocycles. The van der Waals surface area contributed by atoms with Gasteiger partial charge in [0.1, 0.15) is 5.78 Å². The Bertz CT molecular complexity index is 399. The fraction of sp³-hybridized carbons (Fsp3) is 0.733. The number of carbonyl (C=O) groups is 2. The molecule has 0 saturated heterocycles. The zero-order valence-electron chi connectivity index (χ0n) is 11.2. The van der Waals surface area contributed by atoms with Gasteiger partial charge in [-0.15, -0.1) is 0 Å². The topological polar surface area (TPSA) is 54.4 Å². The van der Waals surface area contributed by atoms with Crippen LogP contribution in [-0.2, 0) is 9.59 Å². The molecule has 3 nitrogen and oxygen atoms in total. The summed E-state index contributed by atoms with van der Waals surface area (Å²) in [7, 11) is 0. The van der Waals surface area contributed by atoms with Gasteiger partial charge in [0.25, 0.3) is 0 Å². The Hall–Kier alpha value is -1.12. The lowest BCUT2D eigenvalue weighted by Gasteiger charge is -2.50. The van der Waals surface area contributed by atoms with E-state index in [1.54, 1.807) is 0 Å². The van der Waals surface area contributed by atoms with Crippen LogP contribution >= 0.6 is 0 Å². The van der Waals surface area contributed by atoms with Crippen LogP contribution in [0.15, 0.2) is 12.2 Å². The second-order valence-corrected chi connectivity index (χ2v) is 6.29. The van der Waals surface area contributed by atoms with Crippen LogP contribution in [0.25, 0.3) is 0 Å². The van der Waals surface area contributed by atoms with Crippen molar-refractivity contribution in [2.24, 2.45) is 23.2 Å². The van der Waals surface area contributed by atoms with E-state index >= 15 is 0 Å². The van der Waals surface area contributed by atoms with Crippen molar-refractivity contribution in [1.29, 1.82) is 0 Å². The Morgan fingerprint density at radius 1 is 1.44 bits per heavy atom. The number of carboxylic acids is 1. The van der Waals surface area contributed by atoms with Gasteiger partial charge in [0.15, 0.2) is 0 Å². The second-order valence-electron chi connectivity index (χ2n) is 6.29. The van der Waals surface area contributed by atoms with Gasteiger partial charge < -0.3 is 5.11 Å². The molecule has 0 heterocycles. The first-order valence-electron chi connectivity index (χ1n) is 6.81. The third kappa shape index (κ3) is 2.00. The van der Waals surface area contributed by atoms with Gasteiger partial charge in [-0.3, -0.25) is 4.79 Å². The van der Waals surface area contributed by atoms with Gasteiger partial charge in [-0.2, -0.15) is 0 Å². The highest BCUT2D eigenvalue weighted by Crippen LogP contribution is 2.54. The van der Waals surface area contributed by atoms with E-state index < -0.39 is 5.97 Å². The zero-order valence-corrected chi connectivity index (χ0v) is 11.2. The molecule has 0 amide bonds. The maximum atomic E-state index is 12.3. The molecule has 2 fully saturated rings. The normalized spacial score (nSPS) is 40.1. The van der Waals surface area contributed by atoms with Gasteiger partial charge >= 0.3 is 5.97 Å². The number of carboxylic acid groups (broad SMARTS) is 1. The number of ketones is 1. The van der Waals surface area contributed by atoms with Crippen LogP contribution in [0.2, 0.25) is 0 Å². The summed E-state index contributed by atoms with van der Waals surface area (Å²) in [6.45, 7) is 8.02. The van der Waals surface area contributed by atoms with Gasteiger partial charge in [-0.1, -0.05) is 33.3 Å². The Kier molecular flexibility index (Phi) is 3.35. The molecule has 2 saturated carbocycles. The molecule has 4 atom stereocenters. The van der Waals surface area contributed by atoms with E-state index in [1.165, 1.54) is 0 Å². The average Bonchev–Trinajstić information content (AvgIpc) is 2.30. The molecule has 0 spiro atoms.